The summed E-state index contributed by atoms with van der Waals surface area (Å²) in [4.78, 5) is 8.66. The van der Waals surface area contributed by atoms with Gasteiger partial charge in [0, 0.05) is 0 Å². The molecule has 0 saturated carbocycles. The first-order chi connectivity index (χ1) is 2.00. The van der Waals surface area contributed by atoms with E-state index in [1.807, 2.05) is 19.6 Å². The van der Waals surface area contributed by atoms with Crippen molar-refractivity contribution in [3.63, 3.8) is 0 Å². The summed E-state index contributed by atoms with van der Waals surface area (Å²) in [7, 11) is -1.61. The Kier molecular flexibility index (Phi) is 42.9. The maximum atomic E-state index is 8.66. The predicted molar refractivity (Wildman–Crippen MR) is 25.6 cm³/mol. The second-order valence-electron chi connectivity index (χ2n) is 2.17. The van der Waals surface area contributed by atoms with Gasteiger partial charge in [0.15, 0.2) is 8.32 Å². The summed E-state index contributed by atoms with van der Waals surface area (Å²) in [6.45, 7) is 5.65. The first-order valence-corrected chi connectivity index (χ1v) is 5.17. The fraction of sp³-hybridized carbons (Fsp3) is 1.00. The molecular formula is C3H10Cl3OSiZr. The van der Waals surface area contributed by atoms with Crippen molar-refractivity contribution in [2.75, 3.05) is 0 Å². The van der Waals surface area contributed by atoms with Gasteiger partial charge in [-0.25, -0.2) is 0 Å². The van der Waals surface area contributed by atoms with Gasteiger partial charge in [0.05, 0.1) is 0 Å². The number of hydrogen-bond acceptors (Lipinski definition) is 1. The van der Waals surface area contributed by atoms with E-state index in [1.165, 1.54) is 0 Å². The van der Waals surface area contributed by atoms with E-state index in [-0.39, 0.29) is 63.4 Å². The molecule has 6 heteroatoms. The van der Waals surface area contributed by atoms with E-state index in [4.69, 9.17) is 4.80 Å². The van der Waals surface area contributed by atoms with Crippen LogP contribution in [0.5, 0.6) is 0 Å². The third kappa shape index (κ3) is 168. The van der Waals surface area contributed by atoms with E-state index in [0.29, 0.717) is 0 Å². The molecule has 0 rings (SSSR count). The molecule has 0 aliphatic carbocycles. The molecule has 0 bridgehead atoms. The van der Waals surface area contributed by atoms with Gasteiger partial charge in [-0.2, -0.15) is 0 Å². The van der Waals surface area contributed by atoms with Crippen LogP contribution in [0, 0.1) is 0 Å². The summed E-state index contributed by atoms with van der Waals surface area (Å²) in [5, 5.41) is 0. The molecule has 0 aliphatic rings. The quantitative estimate of drug-likeness (QED) is 0.439. The van der Waals surface area contributed by atoms with Gasteiger partial charge in [-0.1, -0.05) is 0 Å². The van der Waals surface area contributed by atoms with Crippen LogP contribution >= 0.6 is 0 Å². The molecule has 9 heavy (non-hydrogen) atoms. The van der Waals surface area contributed by atoms with E-state index < -0.39 is 8.32 Å². The largest absolute Gasteiger partial charge is 3.00 e. The third-order valence-electron chi connectivity index (χ3n) is 0. The Labute approximate surface area is 95.5 Å². The molecule has 0 unspecified atom stereocenters. The van der Waals surface area contributed by atoms with Crippen molar-refractivity contribution >= 4 is 8.32 Å². The van der Waals surface area contributed by atoms with Crippen LogP contribution in [0.3, 0.4) is 0 Å². The molecule has 0 saturated heterocycles. The molecule has 1 radical (unpaired) electrons. The monoisotopic (exact) mass is 285 g/mol. The summed E-state index contributed by atoms with van der Waals surface area (Å²) in [6, 6.07) is 0. The number of hydrogen-bond donors (Lipinski definition) is 1. The molecule has 0 heterocycles. The van der Waals surface area contributed by atoms with E-state index in [2.05, 4.69) is 0 Å². The van der Waals surface area contributed by atoms with Crippen molar-refractivity contribution in [3.05, 3.63) is 0 Å². The molecular weight excluding hydrogens is 278 g/mol. The van der Waals surface area contributed by atoms with Gasteiger partial charge >= 0.3 is 26.2 Å². The van der Waals surface area contributed by atoms with Crippen LogP contribution in [0.15, 0.2) is 0 Å². The second-order valence-corrected chi connectivity index (χ2v) is 6.51. The van der Waals surface area contributed by atoms with Crippen molar-refractivity contribution in [2.45, 2.75) is 19.6 Å². The molecule has 0 spiro atoms. The van der Waals surface area contributed by atoms with Crippen molar-refractivity contribution in [1.82, 2.24) is 0 Å². The summed E-state index contributed by atoms with van der Waals surface area (Å²) in [6.07, 6.45) is 0. The van der Waals surface area contributed by atoms with Crippen LogP contribution in [0.25, 0.3) is 0 Å². The zero-order valence-electron chi connectivity index (χ0n) is 5.58. The Hall–Kier alpha value is 1.93. The van der Waals surface area contributed by atoms with Crippen LogP contribution in [-0.2, 0) is 26.2 Å². The first kappa shape index (κ1) is 30.6. The fourth-order valence-electron chi connectivity index (χ4n) is 0. The molecule has 0 fully saturated rings. The molecule has 0 aliphatic heterocycles. The Morgan fingerprint density at radius 3 is 0.889 bits per heavy atom. The van der Waals surface area contributed by atoms with Crippen LogP contribution in [0.1, 0.15) is 0 Å². The average Bonchev–Trinajstić information content (AvgIpc) is 0.722. The zero-order chi connectivity index (χ0) is 4.50. The smallest absolute Gasteiger partial charge is 1.00 e. The normalized spacial score (nSPS) is 6.67. The second kappa shape index (κ2) is 12.6. The summed E-state index contributed by atoms with van der Waals surface area (Å²) < 4.78 is 0. The molecule has 1 nitrogen and oxygen atoms in total. The van der Waals surface area contributed by atoms with Gasteiger partial charge in [-0.15, -0.1) is 0 Å². The predicted octanol–water partition coefficient (Wildman–Crippen LogP) is -8.18. The van der Waals surface area contributed by atoms with Gasteiger partial charge in [0.1, 0.15) is 0 Å². The SMILES string of the molecule is C[Si](C)(C)O.[Cl-].[Cl-].[Cl-].[Zr+3]. The Balaban J connectivity index is -0.0000000133. The number of rotatable bonds is 0. The fourth-order valence-corrected chi connectivity index (χ4v) is 0. The minimum absolute atomic E-state index is 0. The van der Waals surface area contributed by atoms with E-state index in [0.717, 1.165) is 0 Å². The van der Waals surface area contributed by atoms with Crippen molar-refractivity contribution in [1.29, 1.82) is 0 Å². The molecule has 0 aromatic heterocycles. The van der Waals surface area contributed by atoms with Gasteiger partial charge in [0.2, 0.25) is 0 Å². The van der Waals surface area contributed by atoms with Crippen molar-refractivity contribution < 1.29 is 68.2 Å². The summed E-state index contributed by atoms with van der Waals surface area (Å²) in [5.41, 5.74) is 0. The van der Waals surface area contributed by atoms with Gasteiger partial charge in [-0.05, 0) is 19.6 Å². The topological polar surface area (TPSA) is 20.2 Å². The average molecular weight is 288 g/mol. The molecule has 0 atom stereocenters. The number of halogens is 3. The van der Waals surface area contributed by atoms with E-state index in [1.54, 1.807) is 0 Å². The van der Waals surface area contributed by atoms with Crippen molar-refractivity contribution in [3.8, 4) is 0 Å². The summed E-state index contributed by atoms with van der Waals surface area (Å²) in [5.74, 6) is 0. The Bertz CT molecular complexity index is 34.5. The van der Waals surface area contributed by atoms with Crippen LogP contribution in [-0.4, -0.2) is 13.1 Å². The van der Waals surface area contributed by atoms with Crippen molar-refractivity contribution in [2.24, 2.45) is 0 Å². The first-order valence-electron chi connectivity index (χ1n) is 1.72. The van der Waals surface area contributed by atoms with Gasteiger partial charge in [-0.3, -0.25) is 0 Å². The maximum Gasteiger partial charge on any atom is 3.00 e. The Morgan fingerprint density at radius 1 is 0.889 bits per heavy atom. The standard InChI is InChI=1S/C3H10OSi.3ClH.Zr/c1-5(2,3)4;;;;/h4H,1-3H3;3*1H;/q;;;;+3/p-3. The summed E-state index contributed by atoms with van der Waals surface area (Å²) >= 11 is 0. The van der Waals surface area contributed by atoms with E-state index >= 15 is 0 Å². The van der Waals surface area contributed by atoms with Crippen LogP contribution in [0.4, 0.5) is 0 Å². The van der Waals surface area contributed by atoms with Crippen LogP contribution < -0.4 is 37.2 Å². The van der Waals surface area contributed by atoms with Gasteiger partial charge < -0.3 is 42.0 Å². The molecule has 1 N–H and O–H groups in total. The van der Waals surface area contributed by atoms with Gasteiger partial charge in [0.25, 0.3) is 0 Å². The molecule has 0 aromatic carbocycles. The maximum absolute atomic E-state index is 8.66. The molecule has 0 aromatic rings. The van der Waals surface area contributed by atoms with Crippen LogP contribution in [0.2, 0.25) is 19.6 Å². The third-order valence-corrected chi connectivity index (χ3v) is 0. The minimum Gasteiger partial charge on any atom is -1.00 e. The zero-order valence-corrected chi connectivity index (χ0v) is 11.3. The Morgan fingerprint density at radius 2 is 0.889 bits per heavy atom. The van der Waals surface area contributed by atoms with E-state index in [9.17, 15) is 0 Å². The molecule has 57 valence electrons. The minimum atomic E-state index is -1.61. The molecule has 0 amide bonds.